The topological polar surface area (TPSA) is 12.5 Å². The quantitative estimate of drug-likeness (QED) is 0.416. The molecule has 1 heteroatoms. The van der Waals surface area contributed by atoms with Crippen LogP contribution in [0.2, 0.25) is 0 Å². The zero-order valence-corrected chi connectivity index (χ0v) is 15.1. The van der Waals surface area contributed by atoms with Gasteiger partial charge in [-0.05, 0) is 82.0 Å². The van der Waals surface area contributed by atoms with Crippen molar-refractivity contribution in [1.29, 1.82) is 0 Å². The molecule has 0 amide bonds. The first kappa shape index (κ1) is 16.6. The Bertz CT molecular complexity index is 395. The van der Waals surface area contributed by atoms with Gasteiger partial charge in [0.15, 0.2) is 0 Å². The van der Waals surface area contributed by atoms with Gasteiger partial charge in [-0.1, -0.05) is 38.3 Å². The van der Waals surface area contributed by atoms with Gasteiger partial charge in [-0.3, -0.25) is 0 Å². The molecule has 0 N–H and O–H groups in total. The van der Waals surface area contributed by atoms with E-state index in [1.165, 1.54) is 70.6 Å². The third-order valence-corrected chi connectivity index (χ3v) is 6.99. The van der Waals surface area contributed by atoms with Crippen LogP contribution < -0.4 is 0 Å². The van der Waals surface area contributed by atoms with E-state index in [0.717, 1.165) is 11.8 Å². The van der Waals surface area contributed by atoms with Crippen LogP contribution in [0.4, 0.5) is 0 Å². The van der Waals surface area contributed by atoms with E-state index in [-0.39, 0.29) is 0 Å². The molecule has 2 saturated carbocycles. The van der Waals surface area contributed by atoms with Gasteiger partial charge < -0.3 is 4.74 Å². The van der Waals surface area contributed by atoms with Crippen molar-refractivity contribution in [3.63, 3.8) is 0 Å². The molecule has 3 rings (SSSR count). The smallest absolute Gasteiger partial charge is 0.0844 e. The Hall–Kier alpha value is -0.300. The number of rotatable bonds is 6. The van der Waals surface area contributed by atoms with Crippen LogP contribution in [-0.4, -0.2) is 12.2 Å². The molecule has 22 heavy (non-hydrogen) atoms. The fraction of sp³-hybridized carbons (Fsp3) is 0.905. The lowest BCUT2D eigenvalue weighted by Gasteiger charge is -2.35. The van der Waals surface area contributed by atoms with Crippen molar-refractivity contribution in [3.8, 4) is 0 Å². The largest absolute Gasteiger partial charge is 0.370 e. The van der Waals surface area contributed by atoms with Gasteiger partial charge in [0, 0.05) is 0 Å². The van der Waals surface area contributed by atoms with E-state index in [4.69, 9.17) is 4.74 Å². The van der Waals surface area contributed by atoms with Crippen molar-refractivity contribution in [3.05, 3.63) is 11.6 Å². The zero-order chi connectivity index (χ0) is 15.6. The lowest BCUT2D eigenvalue weighted by molar-refractivity contribution is 0.219. The first-order valence-electron chi connectivity index (χ1n) is 9.97. The van der Waals surface area contributed by atoms with E-state index in [0.29, 0.717) is 17.6 Å². The molecule has 0 aromatic heterocycles. The van der Waals surface area contributed by atoms with Gasteiger partial charge >= 0.3 is 0 Å². The second kappa shape index (κ2) is 7.07. The van der Waals surface area contributed by atoms with Crippen LogP contribution in [0.5, 0.6) is 0 Å². The van der Waals surface area contributed by atoms with Gasteiger partial charge in [-0.15, -0.1) is 0 Å². The third kappa shape index (κ3) is 3.78. The van der Waals surface area contributed by atoms with Gasteiger partial charge in [-0.25, -0.2) is 0 Å². The maximum absolute atomic E-state index is 6.02. The van der Waals surface area contributed by atoms with Crippen molar-refractivity contribution < 1.29 is 4.74 Å². The Morgan fingerprint density at radius 3 is 2.77 bits per heavy atom. The van der Waals surface area contributed by atoms with E-state index in [9.17, 15) is 0 Å². The molecule has 1 spiro atoms. The highest BCUT2D eigenvalue weighted by Crippen LogP contribution is 2.54. The van der Waals surface area contributed by atoms with E-state index < -0.39 is 0 Å². The summed E-state index contributed by atoms with van der Waals surface area (Å²) in [6.45, 7) is 6.89. The average Bonchev–Trinajstić information content (AvgIpc) is 3.16. The number of hydrogen-bond acceptors (Lipinski definition) is 1. The molecule has 2 unspecified atom stereocenters. The fourth-order valence-corrected chi connectivity index (χ4v) is 5.38. The van der Waals surface area contributed by atoms with Crippen LogP contribution in [0.15, 0.2) is 11.6 Å². The first-order valence-corrected chi connectivity index (χ1v) is 9.97. The molecule has 126 valence electrons. The van der Waals surface area contributed by atoms with E-state index >= 15 is 0 Å². The predicted molar refractivity (Wildman–Crippen MR) is 94.0 cm³/mol. The summed E-state index contributed by atoms with van der Waals surface area (Å²) in [4.78, 5) is 0. The Labute approximate surface area is 137 Å². The summed E-state index contributed by atoms with van der Waals surface area (Å²) >= 11 is 0. The highest BCUT2D eigenvalue weighted by Gasteiger charge is 2.46. The Morgan fingerprint density at radius 2 is 2.05 bits per heavy atom. The Kier molecular flexibility index (Phi) is 5.32. The van der Waals surface area contributed by atoms with Gasteiger partial charge in [-0.2, -0.15) is 0 Å². The monoisotopic (exact) mass is 304 g/mol. The van der Waals surface area contributed by atoms with Crippen LogP contribution in [0.25, 0.3) is 0 Å². The van der Waals surface area contributed by atoms with Crippen LogP contribution in [0.3, 0.4) is 0 Å². The molecule has 4 atom stereocenters. The summed E-state index contributed by atoms with van der Waals surface area (Å²) in [7, 11) is 0. The van der Waals surface area contributed by atoms with Gasteiger partial charge in [0.2, 0.25) is 0 Å². The van der Waals surface area contributed by atoms with E-state index in [1.807, 2.05) is 0 Å². The van der Waals surface area contributed by atoms with Crippen molar-refractivity contribution in [1.82, 2.24) is 0 Å². The summed E-state index contributed by atoms with van der Waals surface area (Å²) in [5.41, 5.74) is 2.42. The summed E-state index contributed by atoms with van der Waals surface area (Å²) in [5, 5.41) is 0. The van der Waals surface area contributed by atoms with E-state index in [2.05, 4.69) is 26.8 Å². The number of allylic oxidation sites excluding steroid dienone is 2. The lowest BCUT2D eigenvalue weighted by Crippen LogP contribution is -2.22. The molecule has 0 bridgehead atoms. The maximum Gasteiger partial charge on any atom is 0.0844 e. The molecule has 1 nitrogen and oxygen atoms in total. The molecular formula is C21H36O. The third-order valence-electron chi connectivity index (χ3n) is 6.99. The maximum atomic E-state index is 6.02. The van der Waals surface area contributed by atoms with Crippen molar-refractivity contribution in [2.24, 2.45) is 17.3 Å². The minimum atomic E-state index is 0.610. The molecule has 1 heterocycles. The lowest BCUT2D eigenvalue weighted by atomic mass is 9.70. The normalized spacial score (nSPS) is 40.0. The molecule has 0 aromatic carbocycles. The second-order valence-electron chi connectivity index (χ2n) is 8.45. The standard InChI is InChI=1S/C21H36O/c1-4-16(5-2)12-19-20(22-19)13-18-9-11-21(15-18)10-7-8-17(6-3)14-21/h6,16,18-20H,4-5,7-15H2,1-3H3/b17-6+/t18-,19?,20?,21-/m0/s1. The van der Waals surface area contributed by atoms with Gasteiger partial charge in [0.05, 0.1) is 12.2 Å². The zero-order valence-electron chi connectivity index (χ0n) is 15.1. The Balaban J connectivity index is 1.44. The first-order chi connectivity index (χ1) is 10.7. The van der Waals surface area contributed by atoms with Crippen molar-refractivity contribution in [2.45, 2.75) is 104 Å². The molecule has 1 aliphatic heterocycles. The molecule has 2 aliphatic carbocycles. The minimum absolute atomic E-state index is 0.610. The molecule has 0 radical (unpaired) electrons. The van der Waals surface area contributed by atoms with Crippen LogP contribution in [0, 0.1) is 17.3 Å². The molecule has 0 aromatic rings. The summed E-state index contributed by atoms with van der Waals surface area (Å²) < 4.78 is 6.02. The summed E-state index contributed by atoms with van der Waals surface area (Å²) in [6.07, 6.45) is 19.1. The predicted octanol–water partition coefficient (Wildman–Crippen LogP) is 6.28. The minimum Gasteiger partial charge on any atom is -0.370 e. The van der Waals surface area contributed by atoms with E-state index in [1.54, 1.807) is 5.57 Å². The summed E-state index contributed by atoms with van der Waals surface area (Å²) in [5.74, 6) is 1.84. The number of ether oxygens (including phenoxy) is 1. The van der Waals surface area contributed by atoms with Crippen LogP contribution in [-0.2, 0) is 4.74 Å². The average molecular weight is 305 g/mol. The molecule has 1 saturated heterocycles. The van der Waals surface area contributed by atoms with Gasteiger partial charge in [0.1, 0.15) is 0 Å². The fourth-order valence-electron chi connectivity index (χ4n) is 5.38. The number of hydrogen-bond donors (Lipinski definition) is 0. The van der Waals surface area contributed by atoms with Crippen LogP contribution >= 0.6 is 0 Å². The molecular weight excluding hydrogens is 268 g/mol. The van der Waals surface area contributed by atoms with Crippen molar-refractivity contribution in [2.75, 3.05) is 0 Å². The number of epoxide rings is 1. The second-order valence-corrected chi connectivity index (χ2v) is 8.45. The summed E-state index contributed by atoms with van der Waals surface area (Å²) in [6, 6.07) is 0. The van der Waals surface area contributed by atoms with Crippen molar-refractivity contribution >= 4 is 0 Å². The SMILES string of the molecule is C/C=C1\CCC[C@]2(CC[C@@H](CC3OC3CC(CC)CC)C2)C1. The highest BCUT2D eigenvalue weighted by molar-refractivity contribution is 5.10. The van der Waals surface area contributed by atoms with Gasteiger partial charge in [0.25, 0.3) is 0 Å². The Morgan fingerprint density at radius 1 is 1.23 bits per heavy atom. The van der Waals surface area contributed by atoms with Crippen LogP contribution in [0.1, 0.15) is 91.4 Å². The molecule has 3 aliphatic rings. The molecule has 3 fully saturated rings. The highest BCUT2D eigenvalue weighted by atomic mass is 16.6.